The molecule has 0 unspecified atom stereocenters. The van der Waals surface area contributed by atoms with E-state index in [1.807, 2.05) is 37.3 Å². The Morgan fingerprint density at radius 2 is 2.09 bits per heavy atom. The van der Waals surface area contributed by atoms with Crippen LogP contribution in [0.25, 0.3) is 5.57 Å². The van der Waals surface area contributed by atoms with Gasteiger partial charge in [0.2, 0.25) is 0 Å². The Labute approximate surface area is 66.6 Å². The van der Waals surface area contributed by atoms with E-state index in [1.165, 1.54) is 0 Å². The van der Waals surface area contributed by atoms with Crippen molar-refractivity contribution in [1.29, 1.82) is 5.26 Å². The van der Waals surface area contributed by atoms with Crippen LogP contribution < -0.4 is 0 Å². The first-order chi connectivity index (χ1) is 5.25. The molecule has 0 amide bonds. The molecule has 1 rings (SSSR count). The van der Waals surface area contributed by atoms with Gasteiger partial charge in [-0.1, -0.05) is 30.8 Å². The molecule has 0 aliphatic carbocycles. The van der Waals surface area contributed by atoms with Gasteiger partial charge >= 0.3 is 0 Å². The molecule has 0 N–H and O–H groups in total. The number of aryl methyl sites for hydroxylation is 1. The third kappa shape index (κ3) is 1.47. The fraction of sp³-hybridized carbons (Fsp3) is 0.100. The molecule has 0 fully saturated rings. The van der Waals surface area contributed by atoms with Gasteiger partial charge in [0, 0.05) is 0 Å². The van der Waals surface area contributed by atoms with E-state index in [0.717, 1.165) is 11.1 Å². The van der Waals surface area contributed by atoms with Crippen LogP contribution in [0.2, 0.25) is 0 Å². The highest BCUT2D eigenvalue weighted by molar-refractivity contribution is 5.76. The van der Waals surface area contributed by atoms with Gasteiger partial charge in [0.05, 0.1) is 11.6 Å². The van der Waals surface area contributed by atoms with Crippen molar-refractivity contribution < 1.29 is 0 Å². The summed E-state index contributed by atoms with van der Waals surface area (Å²) in [6.45, 7) is 5.61. The van der Waals surface area contributed by atoms with Crippen molar-refractivity contribution in [3.05, 3.63) is 42.0 Å². The third-order valence-corrected chi connectivity index (χ3v) is 1.61. The summed E-state index contributed by atoms with van der Waals surface area (Å²) < 4.78 is 0. The van der Waals surface area contributed by atoms with Gasteiger partial charge in [0.25, 0.3) is 0 Å². The molecule has 0 aliphatic rings. The van der Waals surface area contributed by atoms with Crippen LogP contribution in [0.5, 0.6) is 0 Å². The predicted octanol–water partition coefficient (Wildman–Crippen LogP) is 2.53. The lowest BCUT2D eigenvalue weighted by Gasteiger charge is -1.99. The summed E-state index contributed by atoms with van der Waals surface area (Å²) in [5.74, 6) is 0. The first-order valence-electron chi connectivity index (χ1n) is 3.40. The summed E-state index contributed by atoms with van der Waals surface area (Å²) >= 11 is 0. The van der Waals surface area contributed by atoms with E-state index in [9.17, 15) is 0 Å². The van der Waals surface area contributed by atoms with Crippen LogP contribution in [-0.2, 0) is 0 Å². The molecule has 0 aliphatic heterocycles. The van der Waals surface area contributed by atoms with Gasteiger partial charge in [-0.3, -0.25) is 0 Å². The average molecular weight is 143 g/mol. The van der Waals surface area contributed by atoms with E-state index in [4.69, 9.17) is 5.26 Å². The van der Waals surface area contributed by atoms with Gasteiger partial charge in [0.1, 0.15) is 0 Å². The standard InChI is InChI=1S/C10H9N/c1-8-5-3-4-6-10(8)9(2)7-11/h3-6H,2H2,1H3. The van der Waals surface area contributed by atoms with Gasteiger partial charge in [-0.2, -0.15) is 5.26 Å². The number of nitrogens with zero attached hydrogens (tertiary/aromatic N) is 1. The first kappa shape index (κ1) is 7.56. The topological polar surface area (TPSA) is 23.8 Å². The molecule has 1 heteroatoms. The quantitative estimate of drug-likeness (QED) is 0.554. The van der Waals surface area contributed by atoms with Gasteiger partial charge in [-0.05, 0) is 18.1 Å². The molecule has 54 valence electrons. The fourth-order valence-corrected chi connectivity index (χ4v) is 0.972. The number of hydrogen-bond donors (Lipinski definition) is 0. The molecule has 1 nitrogen and oxygen atoms in total. The van der Waals surface area contributed by atoms with E-state index < -0.39 is 0 Å². The Morgan fingerprint density at radius 3 is 2.64 bits per heavy atom. The van der Waals surface area contributed by atoms with Crippen molar-refractivity contribution in [3.63, 3.8) is 0 Å². The number of allylic oxidation sites excluding steroid dienone is 1. The Morgan fingerprint density at radius 1 is 1.45 bits per heavy atom. The molecule has 0 radical (unpaired) electrons. The van der Waals surface area contributed by atoms with Crippen LogP contribution in [0.15, 0.2) is 30.8 Å². The van der Waals surface area contributed by atoms with Crippen LogP contribution in [0, 0.1) is 18.3 Å². The molecule has 0 bridgehead atoms. The number of nitriles is 1. The molecule has 0 saturated heterocycles. The zero-order valence-electron chi connectivity index (χ0n) is 6.46. The maximum absolute atomic E-state index is 8.56. The minimum atomic E-state index is 0.531. The molecule has 0 saturated carbocycles. The Bertz CT molecular complexity index is 318. The first-order valence-corrected chi connectivity index (χ1v) is 3.40. The minimum absolute atomic E-state index is 0.531. The molecular formula is C10H9N. The number of rotatable bonds is 1. The Kier molecular flexibility index (Phi) is 2.08. The number of hydrogen-bond acceptors (Lipinski definition) is 1. The Hall–Kier alpha value is -1.55. The monoisotopic (exact) mass is 143 g/mol. The zero-order valence-corrected chi connectivity index (χ0v) is 6.46. The van der Waals surface area contributed by atoms with Crippen LogP contribution in [0.4, 0.5) is 0 Å². The van der Waals surface area contributed by atoms with Crippen molar-refractivity contribution >= 4 is 5.57 Å². The minimum Gasteiger partial charge on any atom is -0.192 e. The van der Waals surface area contributed by atoms with E-state index in [-0.39, 0.29) is 0 Å². The maximum atomic E-state index is 8.56. The lowest BCUT2D eigenvalue weighted by Crippen LogP contribution is -1.83. The molecule has 1 aromatic rings. The lowest BCUT2D eigenvalue weighted by atomic mass is 10.0. The fourth-order valence-electron chi connectivity index (χ4n) is 0.972. The second-order valence-corrected chi connectivity index (χ2v) is 2.41. The summed E-state index contributed by atoms with van der Waals surface area (Å²) in [5.41, 5.74) is 2.57. The molecule has 0 aromatic heterocycles. The van der Waals surface area contributed by atoms with Gasteiger partial charge in [-0.25, -0.2) is 0 Å². The smallest absolute Gasteiger partial charge is 0.0991 e. The third-order valence-electron chi connectivity index (χ3n) is 1.61. The second-order valence-electron chi connectivity index (χ2n) is 2.41. The van der Waals surface area contributed by atoms with E-state index in [0.29, 0.717) is 5.57 Å². The molecule has 0 spiro atoms. The van der Waals surface area contributed by atoms with Crippen molar-refractivity contribution in [2.45, 2.75) is 6.92 Å². The predicted molar refractivity (Wildman–Crippen MR) is 45.8 cm³/mol. The van der Waals surface area contributed by atoms with Crippen LogP contribution >= 0.6 is 0 Å². The summed E-state index contributed by atoms with van der Waals surface area (Å²) in [6, 6.07) is 9.76. The highest BCUT2D eigenvalue weighted by atomic mass is 14.2. The molecule has 1 aromatic carbocycles. The maximum Gasteiger partial charge on any atom is 0.0991 e. The van der Waals surface area contributed by atoms with Crippen molar-refractivity contribution in [2.24, 2.45) is 0 Å². The summed E-state index contributed by atoms with van der Waals surface area (Å²) in [7, 11) is 0. The number of benzene rings is 1. The Balaban J connectivity index is 3.16. The summed E-state index contributed by atoms with van der Waals surface area (Å²) in [5, 5.41) is 8.56. The molecule has 0 heterocycles. The van der Waals surface area contributed by atoms with Gasteiger partial charge in [0.15, 0.2) is 0 Å². The molecule has 11 heavy (non-hydrogen) atoms. The van der Waals surface area contributed by atoms with Crippen molar-refractivity contribution in [3.8, 4) is 6.07 Å². The average Bonchev–Trinajstić information content (AvgIpc) is 2.04. The lowest BCUT2D eigenvalue weighted by molar-refractivity contribution is 1.42. The highest BCUT2D eigenvalue weighted by Gasteiger charge is 1.98. The summed E-state index contributed by atoms with van der Waals surface area (Å²) in [4.78, 5) is 0. The highest BCUT2D eigenvalue weighted by Crippen LogP contribution is 2.15. The largest absolute Gasteiger partial charge is 0.192 e. The van der Waals surface area contributed by atoms with Crippen LogP contribution in [-0.4, -0.2) is 0 Å². The van der Waals surface area contributed by atoms with E-state index in [1.54, 1.807) is 0 Å². The molecular weight excluding hydrogens is 134 g/mol. The molecule has 0 atom stereocenters. The van der Waals surface area contributed by atoms with Crippen LogP contribution in [0.1, 0.15) is 11.1 Å². The van der Waals surface area contributed by atoms with Crippen molar-refractivity contribution in [1.82, 2.24) is 0 Å². The van der Waals surface area contributed by atoms with Gasteiger partial charge < -0.3 is 0 Å². The van der Waals surface area contributed by atoms with Gasteiger partial charge in [-0.15, -0.1) is 0 Å². The summed E-state index contributed by atoms with van der Waals surface area (Å²) in [6.07, 6.45) is 0. The van der Waals surface area contributed by atoms with Crippen LogP contribution in [0.3, 0.4) is 0 Å². The van der Waals surface area contributed by atoms with Crippen molar-refractivity contribution in [2.75, 3.05) is 0 Å². The van der Waals surface area contributed by atoms with E-state index in [2.05, 4.69) is 6.58 Å². The normalized spacial score (nSPS) is 8.73. The SMILES string of the molecule is C=C(C#N)c1ccccc1C. The second kappa shape index (κ2) is 3.03. The van der Waals surface area contributed by atoms with E-state index >= 15 is 0 Å². The zero-order chi connectivity index (χ0) is 8.27.